The largest absolute Gasteiger partial charge is 0.508 e. The van der Waals surface area contributed by atoms with Crippen molar-refractivity contribution >= 4 is 11.7 Å². The molecule has 2 aromatic carbocycles. The normalized spacial score (nSPS) is 11.0. The zero-order valence-corrected chi connectivity index (χ0v) is 12.6. The highest BCUT2D eigenvalue weighted by molar-refractivity contribution is 5.91. The van der Waals surface area contributed by atoms with Crippen molar-refractivity contribution in [2.45, 2.75) is 12.7 Å². The Hall–Kier alpha value is -2.90. The monoisotopic (exact) mass is 340 g/mol. The number of halogens is 3. The molecule has 24 heavy (non-hydrogen) atoms. The number of phenolic OH excluding ortho intramolecular Hbond substituents is 1. The molecule has 0 saturated carbocycles. The number of urea groups is 1. The molecule has 0 bridgehead atoms. The predicted molar refractivity (Wildman–Crippen MR) is 82.0 cm³/mol. The minimum atomic E-state index is -4.53. The summed E-state index contributed by atoms with van der Waals surface area (Å²) in [6, 6.07) is 8.45. The Morgan fingerprint density at radius 3 is 2.54 bits per heavy atom. The Balaban J connectivity index is 2.09. The van der Waals surface area contributed by atoms with Crippen molar-refractivity contribution in [1.29, 1.82) is 0 Å². The fourth-order valence-corrected chi connectivity index (χ4v) is 1.98. The number of anilines is 1. The van der Waals surface area contributed by atoms with Gasteiger partial charge in [-0.2, -0.15) is 13.2 Å². The number of rotatable bonds is 4. The second-order valence-corrected chi connectivity index (χ2v) is 4.85. The van der Waals surface area contributed by atoms with Gasteiger partial charge in [-0.3, -0.25) is 0 Å². The van der Waals surface area contributed by atoms with Crippen LogP contribution in [0.25, 0.3) is 0 Å². The van der Waals surface area contributed by atoms with Gasteiger partial charge in [0.25, 0.3) is 0 Å². The van der Waals surface area contributed by atoms with E-state index in [1.165, 1.54) is 13.2 Å². The van der Waals surface area contributed by atoms with Gasteiger partial charge in [0, 0.05) is 12.1 Å². The summed E-state index contributed by atoms with van der Waals surface area (Å²) in [5.74, 6) is 0.107. The number of hydrogen-bond acceptors (Lipinski definition) is 3. The first-order valence-corrected chi connectivity index (χ1v) is 6.88. The number of phenols is 1. The molecular formula is C16H15F3N2O3. The highest BCUT2D eigenvalue weighted by Crippen LogP contribution is 2.34. The van der Waals surface area contributed by atoms with Crippen molar-refractivity contribution in [3.8, 4) is 11.5 Å². The average molecular weight is 340 g/mol. The third kappa shape index (κ3) is 4.31. The zero-order valence-electron chi connectivity index (χ0n) is 12.6. The molecule has 3 N–H and O–H groups in total. The van der Waals surface area contributed by atoms with Gasteiger partial charge >= 0.3 is 12.2 Å². The Morgan fingerprint density at radius 2 is 1.92 bits per heavy atom. The van der Waals surface area contributed by atoms with Gasteiger partial charge in [0.15, 0.2) is 0 Å². The molecule has 0 aliphatic heterocycles. The summed E-state index contributed by atoms with van der Waals surface area (Å²) in [5, 5.41) is 14.4. The smallest absolute Gasteiger partial charge is 0.416 e. The van der Waals surface area contributed by atoms with Crippen LogP contribution in [-0.4, -0.2) is 18.2 Å². The number of amides is 2. The van der Waals surface area contributed by atoms with Gasteiger partial charge in [-0.25, -0.2) is 4.79 Å². The van der Waals surface area contributed by atoms with Crippen LogP contribution in [0.4, 0.5) is 23.7 Å². The highest BCUT2D eigenvalue weighted by Gasteiger charge is 2.31. The van der Waals surface area contributed by atoms with Crippen LogP contribution in [0.2, 0.25) is 0 Å². The third-order valence-corrected chi connectivity index (χ3v) is 3.21. The van der Waals surface area contributed by atoms with E-state index in [-0.39, 0.29) is 23.7 Å². The Bertz CT molecular complexity index is 733. The van der Waals surface area contributed by atoms with E-state index >= 15 is 0 Å². The number of carbonyl (C=O) groups is 1. The lowest BCUT2D eigenvalue weighted by molar-refractivity contribution is -0.137. The van der Waals surface area contributed by atoms with Crippen molar-refractivity contribution in [3.05, 3.63) is 53.6 Å². The van der Waals surface area contributed by atoms with E-state index in [0.717, 1.165) is 18.2 Å². The molecule has 2 aromatic rings. The third-order valence-electron chi connectivity index (χ3n) is 3.21. The molecule has 0 saturated heterocycles. The maximum atomic E-state index is 12.8. The van der Waals surface area contributed by atoms with Crippen LogP contribution in [0.15, 0.2) is 42.5 Å². The molecule has 0 fully saturated rings. The van der Waals surface area contributed by atoms with Gasteiger partial charge < -0.3 is 20.5 Å². The number of alkyl halides is 3. The number of nitrogens with one attached hydrogen (secondary N) is 2. The number of methoxy groups -OCH3 is 1. The van der Waals surface area contributed by atoms with E-state index in [1.807, 2.05) is 0 Å². The van der Waals surface area contributed by atoms with Gasteiger partial charge in [-0.1, -0.05) is 18.2 Å². The average Bonchev–Trinajstić information content (AvgIpc) is 2.53. The summed E-state index contributed by atoms with van der Waals surface area (Å²) in [6.45, 7) is 0.0137. The van der Waals surface area contributed by atoms with Crippen LogP contribution in [0.5, 0.6) is 11.5 Å². The Morgan fingerprint density at radius 1 is 1.21 bits per heavy atom. The highest BCUT2D eigenvalue weighted by atomic mass is 19.4. The van der Waals surface area contributed by atoms with Crippen LogP contribution >= 0.6 is 0 Å². The van der Waals surface area contributed by atoms with Crippen molar-refractivity contribution in [3.63, 3.8) is 0 Å². The first kappa shape index (κ1) is 17.5. The molecule has 2 rings (SSSR count). The molecule has 0 aromatic heterocycles. The molecule has 5 nitrogen and oxygen atoms in total. The summed E-state index contributed by atoms with van der Waals surface area (Å²) in [4.78, 5) is 11.9. The van der Waals surface area contributed by atoms with Gasteiger partial charge in [-0.05, 0) is 24.3 Å². The molecule has 0 radical (unpaired) electrons. The van der Waals surface area contributed by atoms with E-state index in [0.29, 0.717) is 5.56 Å². The molecular weight excluding hydrogens is 325 g/mol. The molecule has 2 amide bonds. The maximum Gasteiger partial charge on any atom is 0.416 e. The molecule has 0 aliphatic rings. The minimum absolute atomic E-state index is 0.00875. The standard InChI is InChI=1S/C16H15F3N2O3/c1-24-14-7-6-11(16(17,18)19)8-12(14)21-15(23)20-9-10-4-2-3-5-13(10)22/h2-8,22H,9H2,1H3,(H2,20,21,23). The molecule has 128 valence electrons. The zero-order chi connectivity index (χ0) is 17.7. The van der Waals surface area contributed by atoms with Crippen LogP contribution in [-0.2, 0) is 12.7 Å². The van der Waals surface area contributed by atoms with Crippen LogP contribution in [0.3, 0.4) is 0 Å². The van der Waals surface area contributed by atoms with Gasteiger partial charge in [0.1, 0.15) is 11.5 Å². The number of benzene rings is 2. The first-order valence-electron chi connectivity index (χ1n) is 6.88. The summed E-state index contributed by atoms with van der Waals surface area (Å²) in [6.07, 6.45) is -4.53. The summed E-state index contributed by atoms with van der Waals surface area (Å²) in [5.41, 5.74) is -0.537. The van der Waals surface area contributed by atoms with Crippen molar-refractivity contribution in [2.75, 3.05) is 12.4 Å². The fraction of sp³-hybridized carbons (Fsp3) is 0.188. The minimum Gasteiger partial charge on any atom is -0.508 e. The predicted octanol–water partition coefficient (Wildman–Crippen LogP) is 3.74. The van der Waals surface area contributed by atoms with Gasteiger partial charge in [0.05, 0.1) is 18.4 Å². The number of ether oxygens (including phenoxy) is 1. The molecule has 0 heterocycles. The lowest BCUT2D eigenvalue weighted by Gasteiger charge is -2.14. The lowest BCUT2D eigenvalue weighted by Crippen LogP contribution is -2.28. The lowest BCUT2D eigenvalue weighted by atomic mass is 10.2. The topological polar surface area (TPSA) is 70.6 Å². The molecule has 0 unspecified atom stereocenters. The van der Waals surface area contributed by atoms with E-state index in [4.69, 9.17) is 4.74 Å². The number of hydrogen-bond donors (Lipinski definition) is 3. The van der Waals surface area contributed by atoms with Crippen LogP contribution in [0, 0.1) is 0 Å². The van der Waals surface area contributed by atoms with E-state index in [1.54, 1.807) is 18.2 Å². The van der Waals surface area contributed by atoms with Crippen molar-refractivity contribution in [2.24, 2.45) is 0 Å². The Kier molecular flexibility index (Phi) is 5.18. The van der Waals surface area contributed by atoms with Crippen molar-refractivity contribution < 1.29 is 27.8 Å². The summed E-state index contributed by atoms with van der Waals surface area (Å²) >= 11 is 0. The van der Waals surface area contributed by atoms with Crippen molar-refractivity contribution in [1.82, 2.24) is 5.32 Å². The van der Waals surface area contributed by atoms with Gasteiger partial charge in [0.2, 0.25) is 0 Å². The number of para-hydroxylation sites is 1. The molecule has 0 aliphatic carbocycles. The van der Waals surface area contributed by atoms with Crippen LogP contribution in [0.1, 0.15) is 11.1 Å². The second kappa shape index (κ2) is 7.12. The van der Waals surface area contributed by atoms with E-state index in [9.17, 15) is 23.1 Å². The SMILES string of the molecule is COc1ccc(C(F)(F)F)cc1NC(=O)NCc1ccccc1O. The fourth-order valence-electron chi connectivity index (χ4n) is 1.98. The summed E-state index contributed by atoms with van der Waals surface area (Å²) in [7, 11) is 1.29. The molecule has 0 spiro atoms. The molecule has 8 heteroatoms. The molecule has 0 atom stereocenters. The van der Waals surface area contributed by atoms with Crippen LogP contribution < -0.4 is 15.4 Å². The van der Waals surface area contributed by atoms with E-state index < -0.39 is 17.8 Å². The summed E-state index contributed by atoms with van der Waals surface area (Å²) < 4.78 is 43.2. The van der Waals surface area contributed by atoms with Gasteiger partial charge in [-0.15, -0.1) is 0 Å². The number of aromatic hydroxyl groups is 1. The quantitative estimate of drug-likeness (QED) is 0.794. The van der Waals surface area contributed by atoms with E-state index in [2.05, 4.69) is 10.6 Å². The first-order chi connectivity index (χ1) is 11.3. The second-order valence-electron chi connectivity index (χ2n) is 4.85. The maximum absolute atomic E-state index is 12.8. The Labute approximate surface area is 136 Å². The number of carbonyl (C=O) groups excluding carboxylic acids is 1.